The number of hydrogen-bond acceptors (Lipinski definition) is 2. The van der Waals surface area contributed by atoms with Crippen molar-refractivity contribution in [1.29, 1.82) is 0 Å². The van der Waals surface area contributed by atoms with Gasteiger partial charge < -0.3 is 0 Å². The van der Waals surface area contributed by atoms with E-state index in [-0.39, 0.29) is 11.6 Å². The predicted octanol–water partition coefficient (Wildman–Crippen LogP) is 2.69. The van der Waals surface area contributed by atoms with E-state index in [9.17, 15) is 9.18 Å². The molecule has 0 aliphatic rings. The topological polar surface area (TPSA) is 17.1 Å². The monoisotopic (exact) mass is 212 g/mol. The first-order valence-electron chi connectivity index (χ1n) is 4.56. The second-order valence-corrected chi connectivity index (χ2v) is 4.26. The summed E-state index contributed by atoms with van der Waals surface area (Å²) in [6.07, 6.45) is 0.338. The number of ketones is 1. The number of carbonyl (C=O) groups excluding carboxylic acids is 1. The van der Waals surface area contributed by atoms with Gasteiger partial charge in [0, 0.05) is 6.42 Å². The zero-order valence-electron chi connectivity index (χ0n) is 8.13. The highest BCUT2D eigenvalue weighted by atomic mass is 32.2. The molecule has 0 aliphatic heterocycles. The third-order valence-corrected chi connectivity index (χ3v) is 2.69. The highest BCUT2D eigenvalue weighted by molar-refractivity contribution is 7.99. The third kappa shape index (κ3) is 3.92. The standard InChI is InChI=1S/C11H13FOS/c1-2-14-8-11(13)7-9-4-3-5-10(12)6-9/h3-6H,2,7-8H2,1H3. The first-order chi connectivity index (χ1) is 6.72. The summed E-state index contributed by atoms with van der Waals surface area (Å²) in [7, 11) is 0. The number of Topliss-reactive ketones (excluding diaryl/α,β-unsaturated/α-hetero) is 1. The Morgan fingerprint density at radius 1 is 1.50 bits per heavy atom. The van der Waals surface area contributed by atoms with Crippen LogP contribution in [-0.2, 0) is 11.2 Å². The highest BCUT2D eigenvalue weighted by Gasteiger charge is 2.03. The van der Waals surface area contributed by atoms with E-state index in [1.165, 1.54) is 12.1 Å². The van der Waals surface area contributed by atoms with Gasteiger partial charge in [-0.05, 0) is 23.4 Å². The van der Waals surface area contributed by atoms with Crippen molar-refractivity contribution in [3.63, 3.8) is 0 Å². The van der Waals surface area contributed by atoms with Gasteiger partial charge in [-0.15, -0.1) is 0 Å². The fourth-order valence-electron chi connectivity index (χ4n) is 1.14. The summed E-state index contributed by atoms with van der Waals surface area (Å²) >= 11 is 1.60. The minimum atomic E-state index is -0.279. The molecule has 0 aromatic heterocycles. The van der Waals surface area contributed by atoms with Crippen LogP contribution in [0.3, 0.4) is 0 Å². The molecule has 76 valence electrons. The summed E-state index contributed by atoms with van der Waals surface area (Å²) in [5, 5.41) is 0. The van der Waals surface area contributed by atoms with Crippen molar-refractivity contribution in [3.8, 4) is 0 Å². The Labute approximate surface area is 87.7 Å². The number of carbonyl (C=O) groups is 1. The van der Waals surface area contributed by atoms with E-state index >= 15 is 0 Å². The summed E-state index contributed by atoms with van der Waals surface area (Å²) in [5.41, 5.74) is 0.756. The summed E-state index contributed by atoms with van der Waals surface area (Å²) < 4.78 is 12.8. The van der Waals surface area contributed by atoms with Gasteiger partial charge in [-0.25, -0.2) is 4.39 Å². The predicted molar refractivity (Wildman–Crippen MR) is 58.1 cm³/mol. The third-order valence-electron chi connectivity index (χ3n) is 1.76. The molecule has 1 aromatic carbocycles. The van der Waals surface area contributed by atoms with E-state index in [1.54, 1.807) is 23.9 Å². The molecule has 0 amide bonds. The Kier molecular flexibility index (Phi) is 4.66. The maximum atomic E-state index is 12.8. The molecule has 14 heavy (non-hydrogen) atoms. The van der Waals surface area contributed by atoms with Crippen LogP contribution in [-0.4, -0.2) is 17.3 Å². The van der Waals surface area contributed by atoms with Crippen molar-refractivity contribution in [2.24, 2.45) is 0 Å². The van der Waals surface area contributed by atoms with Crippen molar-refractivity contribution in [3.05, 3.63) is 35.6 Å². The van der Waals surface area contributed by atoms with Crippen LogP contribution in [0.15, 0.2) is 24.3 Å². The van der Waals surface area contributed by atoms with Crippen molar-refractivity contribution in [2.45, 2.75) is 13.3 Å². The van der Waals surface area contributed by atoms with Gasteiger partial charge in [0.25, 0.3) is 0 Å². The molecule has 0 saturated carbocycles. The number of thioether (sulfide) groups is 1. The Bertz CT molecular complexity index is 312. The minimum Gasteiger partial charge on any atom is -0.298 e. The molecule has 0 unspecified atom stereocenters. The summed E-state index contributed by atoms with van der Waals surface area (Å²) in [4.78, 5) is 11.3. The summed E-state index contributed by atoms with van der Waals surface area (Å²) in [6.45, 7) is 2.01. The summed E-state index contributed by atoms with van der Waals surface area (Å²) in [5.74, 6) is 1.34. The number of rotatable bonds is 5. The maximum absolute atomic E-state index is 12.8. The van der Waals surface area contributed by atoms with E-state index in [0.717, 1.165) is 11.3 Å². The molecule has 0 saturated heterocycles. The van der Waals surface area contributed by atoms with Gasteiger partial charge in [-0.1, -0.05) is 19.1 Å². The Morgan fingerprint density at radius 2 is 2.29 bits per heavy atom. The molecular weight excluding hydrogens is 199 g/mol. The minimum absolute atomic E-state index is 0.155. The van der Waals surface area contributed by atoms with Crippen molar-refractivity contribution in [1.82, 2.24) is 0 Å². The van der Waals surface area contributed by atoms with Gasteiger partial charge in [0.05, 0.1) is 5.75 Å². The van der Waals surface area contributed by atoms with Crippen LogP contribution in [0.25, 0.3) is 0 Å². The zero-order chi connectivity index (χ0) is 10.4. The van der Waals surface area contributed by atoms with Gasteiger partial charge in [0.15, 0.2) is 0 Å². The first-order valence-corrected chi connectivity index (χ1v) is 5.71. The van der Waals surface area contributed by atoms with E-state index < -0.39 is 0 Å². The molecular formula is C11H13FOS. The van der Waals surface area contributed by atoms with E-state index in [0.29, 0.717) is 12.2 Å². The zero-order valence-corrected chi connectivity index (χ0v) is 8.94. The van der Waals surface area contributed by atoms with Crippen molar-refractivity contribution in [2.75, 3.05) is 11.5 Å². The summed E-state index contributed by atoms with van der Waals surface area (Å²) in [6, 6.07) is 6.20. The largest absolute Gasteiger partial charge is 0.298 e. The van der Waals surface area contributed by atoms with Crippen LogP contribution >= 0.6 is 11.8 Å². The second-order valence-electron chi connectivity index (χ2n) is 2.98. The van der Waals surface area contributed by atoms with Gasteiger partial charge >= 0.3 is 0 Å². The van der Waals surface area contributed by atoms with Crippen molar-refractivity contribution >= 4 is 17.5 Å². The molecule has 1 rings (SSSR count). The van der Waals surface area contributed by atoms with Crippen LogP contribution < -0.4 is 0 Å². The van der Waals surface area contributed by atoms with Crippen LogP contribution in [0.1, 0.15) is 12.5 Å². The number of halogens is 1. The lowest BCUT2D eigenvalue weighted by atomic mass is 10.1. The molecule has 0 radical (unpaired) electrons. The smallest absolute Gasteiger partial charge is 0.147 e. The van der Waals surface area contributed by atoms with Gasteiger partial charge in [-0.2, -0.15) is 11.8 Å². The van der Waals surface area contributed by atoms with Gasteiger partial charge in [0.2, 0.25) is 0 Å². The van der Waals surface area contributed by atoms with E-state index in [4.69, 9.17) is 0 Å². The average Bonchev–Trinajstić information content (AvgIpc) is 2.15. The van der Waals surface area contributed by atoms with Crippen LogP contribution in [0.4, 0.5) is 4.39 Å². The molecule has 0 bridgehead atoms. The lowest BCUT2D eigenvalue weighted by molar-refractivity contribution is -0.116. The molecule has 0 atom stereocenters. The molecule has 3 heteroatoms. The second kappa shape index (κ2) is 5.81. The molecule has 0 aliphatic carbocycles. The van der Waals surface area contributed by atoms with Crippen LogP contribution in [0.2, 0.25) is 0 Å². The molecule has 0 fully saturated rings. The van der Waals surface area contributed by atoms with E-state index in [1.807, 2.05) is 6.92 Å². The molecule has 1 aromatic rings. The normalized spacial score (nSPS) is 10.1. The number of benzene rings is 1. The lowest BCUT2D eigenvalue weighted by Gasteiger charge is -2.00. The molecule has 0 spiro atoms. The first kappa shape index (κ1) is 11.2. The Hall–Kier alpha value is -0.830. The van der Waals surface area contributed by atoms with Gasteiger partial charge in [0.1, 0.15) is 11.6 Å². The Morgan fingerprint density at radius 3 is 2.93 bits per heavy atom. The highest BCUT2D eigenvalue weighted by Crippen LogP contribution is 2.07. The molecule has 0 heterocycles. The van der Waals surface area contributed by atoms with Crippen LogP contribution in [0, 0.1) is 5.82 Å². The fourth-order valence-corrected chi connectivity index (χ4v) is 1.68. The fraction of sp³-hybridized carbons (Fsp3) is 0.364. The SMILES string of the molecule is CCSCC(=O)Cc1cccc(F)c1. The molecule has 0 N–H and O–H groups in total. The van der Waals surface area contributed by atoms with E-state index in [2.05, 4.69) is 0 Å². The van der Waals surface area contributed by atoms with Crippen molar-refractivity contribution < 1.29 is 9.18 Å². The Balaban J connectivity index is 2.47. The molecule has 1 nitrogen and oxygen atoms in total. The number of hydrogen-bond donors (Lipinski definition) is 0. The van der Waals surface area contributed by atoms with Gasteiger partial charge in [-0.3, -0.25) is 4.79 Å². The average molecular weight is 212 g/mol. The van der Waals surface area contributed by atoms with Crippen LogP contribution in [0.5, 0.6) is 0 Å². The lowest BCUT2D eigenvalue weighted by Crippen LogP contribution is -2.05. The maximum Gasteiger partial charge on any atom is 0.147 e. The quantitative estimate of drug-likeness (QED) is 0.746.